The molecule has 18 nitrogen and oxygen atoms in total. The molecule has 12 aromatic rings. The SMILES string of the molecule is CC(C)(c1ccc(OC(=O)Cl)cc1)c1ccc(OC(=O)Cl)cc1.CC(C)(c1ccc([O-])cc1)c1ccc(OC(=O)Oc2ccc(C(C)(C)c3ccc(OC(=O)Cl)cc3)cc2)cc1.CC(C)(c1ccc([O-])cc1)c1ccc(OC(=O)Oc2ccc(C(C)(C)c3ccc(OC(=O)Oc4ccc(C(C)(C)c5ccc([O-])cc5)cc4)cc3)cc2)cc1.[Na+].[Na+].[Na+]. The minimum absolute atomic E-state index is 0. The number of hydrogen-bond donors (Lipinski definition) is 0. The Morgan fingerprint density at radius 3 is 0.375 bits per heavy atom. The summed E-state index contributed by atoms with van der Waals surface area (Å²) in [4.78, 5) is 70.0. The van der Waals surface area contributed by atoms with Crippen molar-refractivity contribution < 1.29 is 175 Å². The van der Waals surface area contributed by atoms with Gasteiger partial charge in [-0.2, -0.15) is 0 Å². The zero-order valence-electron chi connectivity index (χ0n) is 69.2. The van der Waals surface area contributed by atoms with E-state index in [9.17, 15) is 44.1 Å². The number of benzene rings is 12. The van der Waals surface area contributed by atoms with E-state index in [4.69, 9.17) is 77.4 Å². The number of halogens is 3. The molecule has 0 aliphatic rings. The van der Waals surface area contributed by atoms with Crippen molar-refractivity contribution in [3.8, 4) is 69.0 Å². The van der Waals surface area contributed by atoms with Crippen molar-refractivity contribution in [3.05, 3.63) is 358 Å². The van der Waals surface area contributed by atoms with Crippen molar-refractivity contribution >= 4 is 69.6 Å². The molecule has 24 heteroatoms. The van der Waals surface area contributed by atoms with E-state index < -0.39 is 40.2 Å². The van der Waals surface area contributed by atoms with Crippen LogP contribution in [-0.4, -0.2) is 34.8 Å². The Morgan fingerprint density at radius 2 is 0.275 bits per heavy atom. The van der Waals surface area contributed by atoms with E-state index in [0.717, 1.165) is 66.8 Å². The summed E-state index contributed by atoms with van der Waals surface area (Å²) in [5, 5.41) is 34.5. The standard InChI is InChI=1S/C47H44O8.C32H29ClO6.C17H14Cl2O4.3Na/c1-45(2,31-7-19-37(48)20-8-31)33-11-23-39(24-12-33)52-43(50)54-41-27-15-35(16-28-41)47(5,6)36-17-29-42(30-18-36)55-44(51)53-40-25-13-34(14-26-40)46(3,4)32-9-21-38(49)22-10-32;1-31(2,21-5-13-25(34)14-6-21)23-9-17-27(18-10-23)38-30(36)39-28-19-11-24(12-20-28)32(3,4)22-7-15-26(16-8-22)37-29(33)35;1-17(2,11-3-7-13(8-4-11)22-15(18)20)12-5-9-14(10-6-12)23-16(19)21;;;/h7-30,48-49H,1-6H3;5-20,34H,1-4H3;3-10H,1-2H3;;;/q;;;3*+1/p-3. The van der Waals surface area contributed by atoms with Crippen LogP contribution in [0.2, 0.25) is 0 Å². The van der Waals surface area contributed by atoms with E-state index >= 15 is 0 Å². The summed E-state index contributed by atoms with van der Waals surface area (Å²) in [5.74, 6) is 3.09. The molecule has 0 aliphatic carbocycles. The van der Waals surface area contributed by atoms with Gasteiger partial charge in [-0.25, -0.2) is 28.8 Å². The van der Waals surface area contributed by atoms with E-state index in [2.05, 4.69) is 83.1 Å². The molecule has 0 aliphatic heterocycles. The summed E-state index contributed by atoms with van der Waals surface area (Å²) in [6.07, 6.45) is -2.56. The average molecular weight is 1700 g/mol. The number of ether oxygens (including phenoxy) is 9. The predicted octanol–water partition coefficient (Wildman–Crippen LogP) is 14.2. The first kappa shape index (κ1) is 97.3. The summed E-state index contributed by atoms with van der Waals surface area (Å²) < 4.78 is 47.0. The minimum atomic E-state index is -0.888. The zero-order chi connectivity index (χ0) is 84.6. The number of carbonyl (C=O) groups excluding carboxylic acids is 6. The van der Waals surface area contributed by atoms with E-state index in [0.29, 0.717) is 51.7 Å². The molecule has 600 valence electrons. The van der Waals surface area contributed by atoms with Crippen LogP contribution in [0.15, 0.2) is 291 Å². The van der Waals surface area contributed by atoms with Gasteiger partial charge in [-0.1, -0.05) is 265 Å². The van der Waals surface area contributed by atoms with Crippen LogP contribution in [0, 0.1) is 0 Å². The third-order valence-electron chi connectivity index (χ3n) is 20.7. The normalized spacial score (nSPS) is 11.2. The third-order valence-corrected chi connectivity index (χ3v) is 20.9. The Balaban J connectivity index is 0.000000266. The molecule has 120 heavy (non-hydrogen) atoms. The van der Waals surface area contributed by atoms with Gasteiger partial charge >= 0.3 is 123 Å². The van der Waals surface area contributed by atoms with Crippen molar-refractivity contribution in [1.29, 1.82) is 0 Å². The quantitative estimate of drug-likeness (QED) is 0.0280. The average Bonchev–Trinajstić information content (AvgIpc) is 0.837. The second kappa shape index (κ2) is 42.6. The Kier molecular flexibility index (Phi) is 34.5. The van der Waals surface area contributed by atoms with Gasteiger partial charge < -0.3 is 58.0 Å². The van der Waals surface area contributed by atoms with Crippen molar-refractivity contribution in [2.24, 2.45) is 0 Å². The molecule has 0 saturated carbocycles. The molecule has 12 aromatic carbocycles. The topological polar surface area (TPSA) is 255 Å². The van der Waals surface area contributed by atoms with Gasteiger partial charge in [-0.05, 0) is 176 Å². The first-order chi connectivity index (χ1) is 55.3. The molecule has 0 fully saturated rings. The first-order valence-corrected chi connectivity index (χ1v) is 38.1. The summed E-state index contributed by atoms with van der Waals surface area (Å²) in [5.41, 5.74) is 7.23. The predicted molar refractivity (Wildman–Crippen MR) is 444 cm³/mol. The number of carbonyl (C=O) groups is 6. The van der Waals surface area contributed by atoms with Crippen LogP contribution in [0.5, 0.6) is 69.0 Å². The molecule has 0 N–H and O–H groups in total. The van der Waals surface area contributed by atoms with Crippen LogP contribution in [0.1, 0.15) is 150 Å². The van der Waals surface area contributed by atoms with Gasteiger partial charge in [-0.3, -0.25) is 0 Å². The molecular formula is C96H84Cl3Na3O18. The molecule has 0 saturated heterocycles. The molecule has 0 bridgehead atoms. The number of rotatable bonds is 21. The van der Waals surface area contributed by atoms with Gasteiger partial charge in [0.25, 0.3) is 0 Å². The molecule has 0 radical (unpaired) electrons. The van der Waals surface area contributed by atoms with Crippen molar-refractivity contribution in [1.82, 2.24) is 0 Å². The van der Waals surface area contributed by atoms with Gasteiger partial charge in [0, 0.05) is 67.3 Å². The fourth-order valence-corrected chi connectivity index (χ4v) is 13.3. The van der Waals surface area contributed by atoms with Crippen LogP contribution in [0.4, 0.5) is 28.8 Å². The van der Waals surface area contributed by atoms with E-state index in [-0.39, 0.29) is 133 Å². The van der Waals surface area contributed by atoms with Crippen molar-refractivity contribution in [2.75, 3.05) is 0 Å². The van der Waals surface area contributed by atoms with Crippen LogP contribution in [0.3, 0.4) is 0 Å². The largest absolute Gasteiger partial charge is 1.00 e. The summed E-state index contributed by atoms with van der Waals surface area (Å²) in [6, 6.07) is 84.7. The Bertz CT molecular complexity index is 5200. The van der Waals surface area contributed by atoms with E-state index in [1.807, 2.05) is 146 Å². The second-order valence-corrected chi connectivity index (χ2v) is 31.3. The Labute approximate surface area is 779 Å². The zero-order valence-corrected chi connectivity index (χ0v) is 77.5. The smallest absolute Gasteiger partial charge is 0.872 e. The summed E-state index contributed by atoms with van der Waals surface area (Å²) >= 11 is 15.6. The second-order valence-electron chi connectivity index (χ2n) is 30.4. The van der Waals surface area contributed by atoms with Crippen molar-refractivity contribution in [3.63, 3.8) is 0 Å². The molecule has 0 heterocycles. The molecule has 12 rings (SSSR count). The third kappa shape index (κ3) is 26.1. The van der Waals surface area contributed by atoms with Crippen molar-refractivity contribution in [2.45, 2.75) is 116 Å². The maximum atomic E-state index is 12.6. The Hall–Kier alpha value is -9.87. The fourth-order valence-electron chi connectivity index (χ4n) is 13.0. The van der Waals surface area contributed by atoms with Crippen LogP contribution in [0.25, 0.3) is 0 Å². The Morgan fingerprint density at radius 1 is 0.183 bits per heavy atom. The molecule has 0 atom stereocenters. The molecule has 0 aromatic heterocycles. The molecule has 0 unspecified atom stereocenters. The summed E-state index contributed by atoms with van der Waals surface area (Å²) in [7, 11) is 0. The minimum Gasteiger partial charge on any atom is -0.872 e. The first-order valence-electron chi connectivity index (χ1n) is 36.9. The van der Waals surface area contributed by atoms with Crippen LogP contribution < -0.4 is 147 Å². The monoisotopic (exact) mass is 1700 g/mol. The maximum absolute atomic E-state index is 12.6. The van der Waals surface area contributed by atoms with E-state index in [1.54, 1.807) is 146 Å². The van der Waals surface area contributed by atoms with Gasteiger partial charge in [0.1, 0.15) is 51.7 Å². The number of hydrogen-bond acceptors (Lipinski definition) is 18. The van der Waals surface area contributed by atoms with Crippen LogP contribution >= 0.6 is 34.8 Å². The van der Waals surface area contributed by atoms with Gasteiger partial charge in [0.05, 0.1) is 0 Å². The van der Waals surface area contributed by atoms with Gasteiger partial charge in [0.15, 0.2) is 0 Å². The van der Waals surface area contributed by atoms with Gasteiger partial charge in [-0.15, -0.1) is 17.2 Å². The summed E-state index contributed by atoms with van der Waals surface area (Å²) in [6.45, 7) is 24.7. The fraction of sp³-hybridized carbons (Fsp3) is 0.188. The maximum Gasteiger partial charge on any atom is 1.00 e. The van der Waals surface area contributed by atoms with E-state index in [1.165, 1.54) is 0 Å². The van der Waals surface area contributed by atoms with Gasteiger partial charge in [0.2, 0.25) is 0 Å². The molecule has 0 spiro atoms. The molecular weight excluding hydrogens is 1620 g/mol. The molecule has 0 amide bonds. The van der Waals surface area contributed by atoms with Crippen LogP contribution in [-0.2, 0) is 32.5 Å².